The lowest BCUT2D eigenvalue weighted by atomic mass is 10.1. The van der Waals surface area contributed by atoms with Crippen molar-refractivity contribution in [2.75, 3.05) is 33.3 Å². The molecule has 1 amide bonds. The summed E-state index contributed by atoms with van der Waals surface area (Å²) in [6, 6.07) is 15.2. The minimum Gasteiger partial charge on any atom is -0.497 e. The number of hydrogen-bond acceptors (Lipinski definition) is 5. The predicted molar refractivity (Wildman–Crippen MR) is 98.2 cm³/mol. The molecule has 1 aliphatic rings. The Morgan fingerprint density at radius 2 is 1.81 bits per heavy atom. The molecule has 0 aliphatic carbocycles. The molecule has 4 rings (SSSR count). The largest absolute Gasteiger partial charge is 0.497 e. The Bertz CT molecular complexity index is 896. The molecular weight excluding hydrogens is 330 g/mol. The molecule has 134 valence electrons. The van der Waals surface area contributed by atoms with E-state index in [1.54, 1.807) is 7.11 Å². The zero-order chi connectivity index (χ0) is 17.9. The molecule has 0 atom stereocenters. The highest BCUT2D eigenvalue weighted by molar-refractivity contribution is 5.94. The minimum atomic E-state index is 0.0687. The average Bonchev–Trinajstić information content (AvgIpc) is 3.11. The second kappa shape index (κ2) is 7.17. The molecule has 2 aromatic carbocycles. The van der Waals surface area contributed by atoms with Crippen LogP contribution in [0.4, 0.5) is 0 Å². The van der Waals surface area contributed by atoms with E-state index < -0.39 is 0 Å². The van der Waals surface area contributed by atoms with Crippen molar-refractivity contribution >= 4 is 16.9 Å². The van der Waals surface area contributed by atoms with Crippen molar-refractivity contribution in [3.8, 4) is 5.75 Å². The Labute approximate surface area is 151 Å². The molecule has 0 radical (unpaired) electrons. The van der Waals surface area contributed by atoms with Crippen molar-refractivity contribution in [3.05, 3.63) is 59.8 Å². The van der Waals surface area contributed by atoms with Crippen LogP contribution >= 0.6 is 0 Å². The van der Waals surface area contributed by atoms with Crippen LogP contribution < -0.4 is 4.74 Å². The highest BCUT2D eigenvalue weighted by atomic mass is 16.5. The number of para-hydroxylation sites is 1. The maximum absolute atomic E-state index is 12.6. The summed E-state index contributed by atoms with van der Waals surface area (Å²) in [6.45, 7) is 3.80. The van der Waals surface area contributed by atoms with Crippen LogP contribution in [-0.4, -0.2) is 54.2 Å². The fraction of sp³-hybridized carbons (Fsp3) is 0.300. The van der Waals surface area contributed by atoms with E-state index in [2.05, 4.69) is 10.1 Å². The van der Waals surface area contributed by atoms with Gasteiger partial charge in [-0.15, -0.1) is 0 Å². The van der Waals surface area contributed by atoms with Gasteiger partial charge in [0, 0.05) is 43.7 Å². The minimum absolute atomic E-state index is 0.0687. The first kappa shape index (κ1) is 16.6. The number of aromatic nitrogens is 1. The summed E-state index contributed by atoms with van der Waals surface area (Å²) in [4.78, 5) is 16.8. The van der Waals surface area contributed by atoms with Crippen LogP contribution in [0.3, 0.4) is 0 Å². The van der Waals surface area contributed by atoms with Gasteiger partial charge in [-0.25, -0.2) is 0 Å². The van der Waals surface area contributed by atoms with E-state index in [4.69, 9.17) is 9.26 Å². The topological polar surface area (TPSA) is 58.8 Å². The quantitative estimate of drug-likeness (QED) is 0.723. The third-order valence-corrected chi connectivity index (χ3v) is 4.82. The maximum Gasteiger partial charge on any atom is 0.253 e. The number of amides is 1. The molecule has 6 nitrogen and oxygen atoms in total. The van der Waals surface area contributed by atoms with Crippen molar-refractivity contribution in [1.82, 2.24) is 15.0 Å². The number of fused-ring (bicyclic) bond motifs is 1. The third-order valence-electron chi connectivity index (χ3n) is 4.82. The van der Waals surface area contributed by atoms with Gasteiger partial charge in [0.1, 0.15) is 11.4 Å². The molecular formula is C20H21N3O3. The molecule has 0 spiro atoms. The van der Waals surface area contributed by atoms with E-state index in [-0.39, 0.29) is 5.91 Å². The van der Waals surface area contributed by atoms with Gasteiger partial charge in [0.2, 0.25) is 0 Å². The summed E-state index contributed by atoms with van der Waals surface area (Å²) in [5.74, 6) is 0.824. The molecule has 26 heavy (non-hydrogen) atoms. The number of rotatable bonds is 4. The number of carbonyl (C=O) groups is 1. The monoisotopic (exact) mass is 351 g/mol. The van der Waals surface area contributed by atoms with Crippen LogP contribution in [0.2, 0.25) is 0 Å². The number of nitrogens with zero attached hydrogens (tertiary/aromatic N) is 3. The highest BCUT2D eigenvalue weighted by Crippen LogP contribution is 2.20. The number of methoxy groups -OCH3 is 1. The summed E-state index contributed by atoms with van der Waals surface area (Å²) in [5, 5.41) is 5.26. The predicted octanol–water partition coefficient (Wildman–Crippen LogP) is 2.79. The first-order chi connectivity index (χ1) is 12.7. The molecule has 0 N–H and O–H groups in total. The Kier molecular flexibility index (Phi) is 4.58. The molecule has 1 aromatic heterocycles. The summed E-state index contributed by atoms with van der Waals surface area (Å²) in [7, 11) is 1.62. The van der Waals surface area contributed by atoms with E-state index in [0.717, 1.165) is 42.0 Å². The molecule has 3 aromatic rings. The zero-order valence-corrected chi connectivity index (χ0v) is 14.7. The van der Waals surface area contributed by atoms with Gasteiger partial charge in [-0.05, 0) is 36.4 Å². The molecule has 1 fully saturated rings. The van der Waals surface area contributed by atoms with Crippen molar-refractivity contribution in [2.24, 2.45) is 0 Å². The van der Waals surface area contributed by atoms with Crippen molar-refractivity contribution < 1.29 is 14.1 Å². The molecule has 1 saturated heterocycles. The number of piperazine rings is 1. The van der Waals surface area contributed by atoms with E-state index in [9.17, 15) is 4.79 Å². The third kappa shape index (κ3) is 3.28. The molecule has 0 saturated carbocycles. The normalized spacial score (nSPS) is 15.3. The molecule has 2 heterocycles. The van der Waals surface area contributed by atoms with Gasteiger partial charge >= 0.3 is 0 Å². The SMILES string of the molecule is COc1ccc(C(=O)N2CCN(Cc3noc4ccccc34)CC2)cc1. The molecule has 0 unspecified atom stereocenters. The van der Waals surface area contributed by atoms with Crippen LogP contribution in [0.1, 0.15) is 16.1 Å². The van der Waals surface area contributed by atoms with Crippen LogP contribution in [0.15, 0.2) is 53.1 Å². The second-order valence-corrected chi connectivity index (χ2v) is 6.42. The molecule has 0 bridgehead atoms. The van der Waals surface area contributed by atoms with Crippen LogP contribution in [-0.2, 0) is 6.54 Å². The number of ether oxygens (including phenoxy) is 1. The lowest BCUT2D eigenvalue weighted by Crippen LogP contribution is -2.48. The van der Waals surface area contributed by atoms with Gasteiger partial charge in [0.05, 0.1) is 7.11 Å². The van der Waals surface area contributed by atoms with Crippen LogP contribution in [0.25, 0.3) is 11.0 Å². The van der Waals surface area contributed by atoms with E-state index in [0.29, 0.717) is 18.7 Å². The first-order valence-electron chi connectivity index (χ1n) is 8.73. The van der Waals surface area contributed by atoms with E-state index in [1.807, 2.05) is 53.4 Å². The fourth-order valence-electron chi connectivity index (χ4n) is 3.29. The Morgan fingerprint density at radius 1 is 1.08 bits per heavy atom. The fourth-order valence-corrected chi connectivity index (χ4v) is 3.29. The van der Waals surface area contributed by atoms with Crippen LogP contribution in [0.5, 0.6) is 5.75 Å². The van der Waals surface area contributed by atoms with Gasteiger partial charge in [-0.2, -0.15) is 0 Å². The number of carbonyl (C=O) groups excluding carboxylic acids is 1. The number of hydrogen-bond donors (Lipinski definition) is 0. The van der Waals surface area contributed by atoms with Gasteiger partial charge in [-0.1, -0.05) is 17.3 Å². The van der Waals surface area contributed by atoms with Gasteiger partial charge < -0.3 is 14.2 Å². The first-order valence-corrected chi connectivity index (χ1v) is 8.73. The summed E-state index contributed by atoms with van der Waals surface area (Å²) < 4.78 is 10.5. The van der Waals surface area contributed by atoms with Crippen molar-refractivity contribution in [1.29, 1.82) is 0 Å². The number of benzene rings is 2. The lowest BCUT2D eigenvalue weighted by Gasteiger charge is -2.34. The van der Waals surface area contributed by atoms with Crippen molar-refractivity contribution in [3.63, 3.8) is 0 Å². The van der Waals surface area contributed by atoms with Gasteiger partial charge in [0.25, 0.3) is 5.91 Å². The second-order valence-electron chi connectivity index (χ2n) is 6.42. The summed E-state index contributed by atoms with van der Waals surface area (Å²) in [5.41, 5.74) is 2.47. The van der Waals surface area contributed by atoms with E-state index >= 15 is 0 Å². The Morgan fingerprint density at radius 3 is 2.54 bits per heavy atom. The summed E-state index contributed by atoms with van der Waals surface area (Å²) in [6.07, 6.45) is 0. The van der Waals surface area contributed by atoms with Gasteiger partial charge in [0.15, 0.2) is 5.58 Å². The highest BCUT2D eigenvalue weighted by Gasteiger charge is 2.23. The Hall–Kier alpha value is -2.86. The van der Waals surface area contributed by atoms with E-state index in [1.165, 1.54) is 0 Å². The van der Waals surface area contributed by atoms with Crippen molar-refractivity contribution in [2.45, 2.75) is 6.54 Å². The van der Waals surface area contributed by atoms with Crippen LogP contribution in [0, 0.1) is 0 Å². The summed E-state index contributed by atoms with van der Waals surface area (Å²) >= 11 is 0. The standard InChI is InChI=1S/C20H21N3O3/c1-25-16-8-6-15(7-9-16)20(24)23-12-10-22(11-13-23)14-18-17-4-2-3-5-19(17)26-21-18/h2-9H,10-14H2,1H3. The lowest BCUT2D eigenvalue weighted by molar-refractivity contribution is 0.0626. The van der Waals surface area contributed by atoms with Gasteiger partial charge in [-0.3, -0.25) is 9.69 Å². The maximum atomic E-state index is 12.6. The zero-order valence-electron chi connectivity index (χ0n) is 14.7. The smallest absolute Gasteiger partial charge is 0.253 e. The molecule has 1 aliphatic heterocycles. The average molecular weight is 351 g/mol. The molecule has 6 heteroatoms. The Balaban J connectivity index is 1.37.